The van der Waals surface area contributed by atoms with Crippen molar-refractivity contribution < 1.29 is 33.8 Å². The number of methoxy groups -OCH3 is 1. The highest BCUT2D eigenvalue weighted by molar-refractivity contribution is 5.96. The average molecular weight is 336 g/mol. The first-order valence-electron chi connectivity index (χ1n) is 6.85. The standard InChI is InChI=1S/C15H16N2O7/c1-15(22,13(19)20)7-16-14(21)17-9-3-4-10-8(5-9)6-11(24-10)12(18)23-2/h3-6,22H,7H2,1-2H3,(H,19,20)(H2,16,17,21). The molecule has 1 heterocycles. The summed E-state index contributed by atoms with van der Waals surface area (Å²) >= 11 is 0. The number of furan rings is 1. The smallest absolute Gasteiger partial charge is 0.373 e. The second kappa shape index (κ2) is 6.59. The van der Waals surface area contributed by atoms with Gasteiger partial charge in [-0.1, -0.05) is 0 Å². The lowest BCUT2D eigenvalue weighted by Gasteiger charge is -2.18. The third kappa shape index (κ3) is 3.82. The SMILES string of the molecule is COC(=O)c1cc2cc(NC(=O)NCC(C)(O)C(=O)O)ccc2o1. The number of carboxylic acids is 1. The Morgan fingerprint density at radius 1 is 1.29 bits per heavy atom. The minimum Gasteiger partial charge on any atom is -0.479 e. The summed E-state index contributed by atoms with van der Waals surface area (Å²) in [5.74, 6) is -2.03. The fourth-order valence-electron chi connectivity index (χ4n) is 1.83. The van der Waals surface area contributed by atoms with Crippen LogP contribution in [0.4, 0.5) is 10.5 Å². The van der Waals surface area contributed by atoms with E-state index in [0.29, 0.717) is 16.7 Å². The quantitative estimate of drug-likeness (QED) is 0.601. The molecule has 24 heavy (non-hydrogen) atoms. The summed E-state index contributed by atoms with van der Waals surface area (Å²) in [6.07, 6.45) is 0. The molecule has 128 valence electrons. The summed E-state index contributed by atoms with van der Waals surface area (Å²) in [6, 6.07) is 5.46. The van der Waals surface area contributed by atoms with Gasteiger partial charge in [0.05, 0.1) is 13.7 Å². The fourth-order valence-corrected chi connectivity index (χ4v) is 1.83. The summed E-state index contributed by atoms with van der Waals surface area (Å²) in [6.45, 7) is 0.607. The Balaban J connectivity index is 2.06. The highest BCUT2D eigenvalue weighted by atomic mass is 16.5. The van der Waals surface area contributed by atoms with E-state index in [4.69, 9.17) is 9.52 Å². The molecule has 2 rings (SSSR count). The Morgan fingerprint density at radius 2 is 2.00 bits per heavy atom. The molecule has 0 bridgehead atoms. The summed E-state index contributed by atoms with van der Waals surface area (Å²) in [4.78, 5) is 33.9. The van der Waals surface area contributed by atoms with E-state index in [9.17, 15) is 19.5 Å². The van der Waals surface area contributed by atoms with Gasteiger partial charge in [-0.3, -0.25) is 0 Å². The molecular weight excluding hydrogens is 320 g/mol. The van der Waals surface area contributed by atoms with Gasteiger partial charge in [0.15, 0.2) is 5.60 Å². The molecule has 0 radical (unpaired) electrons. The Bertz CT molecular complexity index is 794. The first-order chi connectivity index (χ1) is 11.2. The summed E-state index contributed by atoms with van der Waals surface area (Å²) in [5, 5.41) is 23.6. The summed E-state index contributed by atoms with van der Waals surface area (Å²) in [7, 11) is 1.24. The maximum atomic E-state index is 11.8. The molecule has 0 saturated carbocycles. The number of fused-ring (bicyclic) bond motifs is 1. The predicted octanol–water partition coefficient (Wildman–Crippen LogP) is 1.18. The van der Waals surface area contributed by atoms with Gasteiger partial charge < -0.3 is 30.0 Å². The largest absolute Gasteiger partial charge is 0.479 e. The molecule has 4 N–H and O–H groups in total. The van der Waals surface area contributed by atoms with Gasteiger partial charge in [-0.2, -0.15) is 0 Å². The predicted molar refractivity (Wildman–Crippen MR) is 82.8 cm³/mol. The number of urea groups is 1. The van der Waals surface area contributed by atoms with E-state index in [1.54, 1.807) is 18.2 Å². The number of benzene rings is 1. The van der Waals surface area contributed by atoms with Crippen molar-refractivity contribution in [3.05, 3.63) is 30.0 Å². The number of nitrogens with one attached hydrogen (secondary N) is 2. The fraction of sp³-hybridized carbons (Fsp3) is 0.267. The zero-order valence-electron chi connectivity index (χ0n) is 13.0. The van der Waals surface area contributed by atoms with E-state index in [-0.39, 0.29) is 5.76 Å². The van der Waals surface area contributed by atoms with Crippen molar-refractivity contribution in [3.63, 3.8) is 0 Å². The van der Waals surface area contributed by atoms with Crippen molar-refractivity contribution in [2.45, 2.75) is 12.5 Å². The molecule has 0 aliphatic carbocycles. The van der Waals surface area contributed by atoms with E-state index < -0.39 is 30.1 Å². The number of esters is 1. The van der Waals surface area contributed by atoms with Crippen LogP contribution in [0.3, 0.4) is 0 Å². The molecule has 9 nitrogen and oxygen atoms in total. The number of carbonyl (C=O) groups excluding carboxylic acids is 2. The lowest BCUT2D eigenvalue weighted by atomic mass is 10.1. The number of amides is 2. The Hall–Kier alpha value is -3.07. The molecule has 2 aromatic rings. The first-order valence-corrected chi connectivity index (χ1v) is 6.85. The molecule has 0 fully saturated rings. The Morgan fingerprint density at radius 3 is 2.62 bits per heavy atom. The van der Waals surface area contributed by atoms with Gasteiger partial charge in [-0.15, -0.1) is 0 Å². The number of hydrogen-bond acceptors (Lipinski definition) is 6. The topological polar surface area (TPSA) is 138 Å². The second-order valence-electron chi connectivity index (χ2n) is 5.24. The molecule has 9 heteroatoms. The number of carboxylic acid groups (broad SMARTS) is 1. The molecule has 0 aliphatic heterocycles. The van der Waals surface area contributed by atoms with Crippen LogP contribution in [0.1, 0.15) is 17.5 Å². The number of ether oxygens (including phenoxy) is 1. The minimum absolute atomic E-state index is 0.0339. The zero-order valence-corrected chi connectivity index (χ0v) is 13.0. The van der Waals surface area contributed by atoms with Crippen LogP contribution < -0.4 is 10.6 Å². The van der Waals surface area contributed by atoms with Crippen LogP contribution in [-0.4, -0.2) is 47.4 Å². The van der Waals surface area contributed by atoms with E-state index in [0.717, 1.165) is 6.92 Å². The van der Waals surface area contributed by atoms with Crippen molar-refractivity contribution >= 4 is 34.6 Å². The normalized spacial score (nSPS) is 13.1. The average Bonchev–Trinajstić information content (AvgIpc) is 2.95. The lowest BCUT2D eigenvalue weighted by Crippen LogP contribution is -2.47. The van der Waals surface area contributed by atoms with Gasteiger partial charge in [-0.05, 0) is 31.2 Å². The molecule has 1 unspecified atom stereocenters. The minimum atomic E-state index is -2.07. The number of rotatable bonds is 5. The number of hydrogen-bond donors (Lipinski definition) is 4. The zero-order chi connectivity index (χ0) is 17.9. The Kier molecular flexibility index (Phi) is 4.74. The first kappa shape index (κ1) is 17.3. The van der Waals surface area contributed by atoms with Crippen molar-refractivity contribution in [2.24, 2.45) is 0 Å². The molecule has 0 spiro atoms. The lowest BCUT2D eigenvalue weighted by molar-refractivity contribution is -0.155. The van der Waals surface area contributed by atoms with Gasteiger partial charge in [-0.25, -0.2) is 14.4 Å². The molecule has 1 aromatic heterocycles. The van der Waals surface area contributed by atoms with Crippen LogP contribution in [0, 0.1) is 0 Å². The highest BCUT2D eigenvalue weighted by Crippen LogP contribution is 2.23. The molecule has 1 atom stereocenters. The van der Waals surface area contributed by atoms with E-state index >= 15 is 0 Å². The van der Waals surface area contributed by atoms with Crippen LogP contribution in [-0.2, 0) is 9.53 Å². The van der Waals surface area contributed by atoms with Gasteiger partial charge >= 0.3 is 18.0 Å². The summed E-state index contributed by atoms with van der Waals surface area (Å²) < 4.78 is 9.86. The third-order valence-corrected chi connectivity index (χ3v) is 3.21. The third-order valence-electron chi connectivity index (χ3n) is 3.21. The Labute approximate surface area is 136 Å². The van der Waals surface area contributed by atoms with Crippen LogP contribution in [0.2, 0.25) is 0 Å². The van der Waals surface area contributed by atoms with Gasteiger partial charge in [0.2, 0.25) is 5.76 Å². The molecule has 0 saturated heterocycles. The summed E-state index contributed by atoms with van der Waals surface area (Å²) in [5.41, 5.74) is -1.23. The number of aliphatic carboxylic acids is 1. The molecular formula is C15H16N2O7. The van der Waals surface area contributed by atoms with Crippen molar-refractivity contribution in [1.29, 1.82) is 0 Å². The number of anilines is 1. The second-order valence-corrected chi connectivity index (χ2v) is 5.24. The number of aliphatic hydroxyl groups is 1. The van der Waals surface area contributed by atoms with Crippen LogP contribution >= 0.6 is 0 Å². The molecule has 0 aliphatic rings. The highest BCUT2D eigenvalue weighted by Gasteiger charge is 2.30. The van der Waals surface area contributed by atoms with Crippen molar-refractivity contribution in [2.75, 3.05) is 19.0 Å². The molecule has 2 amide bonds. The van der Waals surface area contributed by atoms with Crippen molar-refractivity contribution in [1.82, 2.24) is 5.32 Å². The maximum absolute atomic E-state index is 11.8. The van der Waals surface area contributed by atoms with E-state index in [1.165, 1.54) is 13.2 Å². The van der Waals surface area contributed by atoms with E-state index in [2.05, 4.69) is 15.4 Å². The van der Waals surface area contributed by atoms with Crippen LogP contribution in [0.5, 0.6) is 0 Å². The van der Waals surface area contributed by atoms with Crippen LogP contribution in [0.15, 0.2) is 28.7 Å². The van der Waals surface area contributed by atoms with Crippen molar-refractivity contribution in [3.8, 4) is 0 Å². The van der Waals surface area contributed by atoms with E-state index in [1.807, 2.05) is 0 Å². The van der Waals surface area contributed by atoms with Gasteiger partial charge in [0.1, 0.15) is 5.58 Å². The van der Waals surface area contributed by atoms with Gasteiger partial charge in [0, 0.05) is 11.1 Å². The monoisotopic (exact) mass is 336 g/mol. The maximum Gasteiger partial charge on any atom is 0.373 e. The van der Waals surface area contributed by atoms with Crippen LogP contribution in [0.25, 0.3) is 11.0 Å². The molecule has 1 aromatic carbocycles. The van der Waals surface area contributed by atoms with Gasteiger partial charge in [0.25, 0.3) is 0 Å². The number of carbonyl (C=O) groups is 3.